The highest BCUT2D eigenvalue weighted by atomic mass is 79.9. The molecule has 0 spiro atoms. The first kappa shape index (κ1) is 17.0. The van der Waals surface area contributed by atoms with Gasteiger partial charge in [0, 0.05) is 4.47 Å². The first-order chi connectivity index (χ1) is 11.1. The molecule has 5 nitrogen and oxygen atoms in total. The van der Waals surface area contributed by atoms with Crippen molar-refractivity contribution in [1.82, 2.24) is 5.43 Å². The number of nitrogens with one attached hydrogen (secondary N) is 1. The molecule has 0 heterocycles. The normalized spacial score (nSPS) is 10.6. The molecule has 0 radical (unpaired) electrons. The molecule has 0 aliphatic rings. The molecule has 0 atom stereocenters. The predicted molar refractivity (Wildman–Crippen MR) is 93.1 cm³/mol. The van der Waals surface area contributed by atoms with Crippen molar-refractivity contribution in [3.8, 4) is 11.5 Å². The second-order valence-corrected chi connectivity index (χ2v) is 5.63. The number of benzene rings is 2. The summed E-state index contributed by atoms with van der Waals surface area (Å²) in [5.74, 6) is 1.02. The molecule has 0 unspecified atom stereocenters. The van der Waals surface area contributed by atoms with Gasteiger partial charge < -0.3 is 9.47 Å². The lowest BCUT2D eigenvalue weighted by Gasteiger charge is -2.09. The van der Waals surface area contributed by atoms with Gasteiger partial charge >= 0.3 is 0 Å². The van der Waals surface area contributed by atoms with Gasteiger partial charge in [-0.1, -0.05) is 34.1 Å². The van der Waals surface area contributed by atoms with Crippen molar-refractivity contribution >= 4 is 28.1 Å². The topological polar surface area (TPSA) is 59.9 Å². The van der Waals surface area contributed by atoms with Crippen LogP contribution in [0.1, 0.15) is 11.1 Å². The quantitative estimate of drug-likeness (QED) is 0.622. The van der Waals surface area contributed by atoms with Crippen LogP contribution in [0.4, 0.5) is 0 Å². The number of nitrogens with zero attached hydrogens (tertiary/aromatic N) is 1. The molecule has 0 fully saturated rings. The Morgan fingerprint density at radius 3 is 2.48 bits per heavy atom. The fraction of sp³-hybridized carbons (Fsp3) is 0.176. The Morgan fingerprint density at radius 1 is 1.13 bits per heavy atom. The minimum atomic E-state index is -0.203. The molecule has 2 rings (SSSR count). The Morgan fingerprint density at radius 2 is 1.83 bits per heavy atom. The monoisotopic (exact) mass is 376 g/mol. The van der Waals surface area contributed by atoms with Crippen molar-refractivity contribution in [1.29, 1.82) is 0 Å². The van der Waals surface area contributed by atoms with Gasteiger partial charge in [0.05, 0.1) is 26.9 Å². The fourth-order valence-electron chi connectivity index (χ4n) is 1.94. The summed E-state index contributed by atoms with van der Waals surface area (Å²) in [5, 5.41) is 3.95. The number of ether oxygens (including phenoxy) is 2. The van der Waals surface area contributed by atoms with E-state index >= 15 is 0 Å². The smallest absolute Gasteiger partial charge is 0.244 e. The van der Waals surface area contributed by atoms with Gasteiger partial charge in [0.2, 0.25) is 5.91 Å². The van der Waals surface area contributed by atoms with E-state index in [4.69, 9.17) is 9.47 Å². The first-order valence-electron chi connectivity index (χ1n) is 6.90. The largest absolute Gasteiger partial charge is 0.493 e. The van der Waals surface area contributed by atoms with E-state index in [2.05, 4.69) is 26.5 Å². The Bertz CT molecular complexity index is 699. The number of hydrogen-bond acceptors (Lipinski definition) is 4. The molecule has 0 saturated heterocycles. The minimum absolute atomic E-state index is 0.203. The molecular formula is C17H17BrN2O3. The van der Waals surface area contributed by atoms with Crippen LogP contribution in [0.15, 0.2) is 52.0 Å². The molecule has 0 aliphatic carbocycles. The van der Waals surface area contributed by atoms with Crippen LogP contribution < -0.4 is 14.9 Å². The van der Waals surface area contributed by atoms with Gasteiger partial charge in [0.1, 0.15) is 0 Å². The van der Waals surface area contributed by atoms with E-state index in [9.17, 15) is 4.79 Å². The highest BCUT2D eigenvalue weighted by molar-refractivity contribution is 9.10. The third-order valence-corrected chi connectivity index (χ3v) is 3.61. The zero-order valence-corrected chi connectivity index (χ0v) is 14.5. The third-order valence-electron chi connectivity index (χ3n) is 3.09. The highest BCUT2D eigenvalue weighted by Gasteiger charge is 2.07. The van der Waals surface area contributed by atoms with Gasteiger partial charge in [-0.15, -0.1) is 0 Å². The summed E-state index contributed by atoms with van der Waals surface area (Å²) in [6.07, 6.45) is 1.80. The van der Waals surface area contributed by atoms with Gasteiger partial charge in [-0.2, -0.15) is 5.10 Å². The Kier molecular flexibility index (Phi) is 6.17. The van der Waals surface area contributed by atoms with Crippen molar-refractivity contribution in [3.63, 3.8) is 0 Å². The third kappa shape index (κ3) is 5.10. The number of halogens is 1. The van der Waals surface area contributed by atoms with E-state index in [-0.39, 0.29) is 12.3 Å². The summed E-state index contributed by atoms with van der Waals surface area (Å²) >= 11 is 3.36. The SMILES string of the molecule is COc1ccc(CC(=O)N/N=C/c2ccc(Br)cc2)cc1OC. The summed E-state index contributed by atoms with van der Waals surface area (Å²) in [7, 11) is 3.13. The van der Waals surface area contributed by atoms with Crippen molar-refractivity contribution < 1.29 is 14.3 Å². The first-order valence-corrected chi connectivity index (χ1v) is 7.70. The van der Waals surface area contributed by atoms with E-state index in [1.165, 1.54) is 0 Å². The second-order valence-electron chi connectivity index (χ2n) is 4.71. The Labute approximate surface area is 143 Å². The van der Waals surface area contributed by atoms with Gasteiger partial charge in [-0.3, -0.25) is 4.79 Å². The van der Waals surface area contributed by atoms with Crippen molar-refractivity contribution in [2.45, 2.75) is 6.42 Å². The van der Waals surface area contributed by atoms with Crippen molar-refractivity contribution in [2.24, 2.45) is 5.10 Å². The number of rotatable bonds is 6. The summed E-state index contributed by atoms with van der Waals surface area (Å²) < 4.78 is 11.4. The minimum Gasteiger partial charge on any atom is -0.493 e. The number of methoxy groups -OCH3 is 2. The molecule has 0 aliphatic heterocycles. The average Bonchev–Trinajstić information content (AvgIpc) is 2.56. The number of carbonyl (C=O) groups is 1. The number of hydrogen-bond donors (Lipinski definition) is 1. The summed E-state index contributed by atoms with van der Waals surface area (Å²) in [5.41, 5.74) is 4.23. The van der Waals surface area contributed by atoms with Crippen LogP contribution in [0.5, 0.6) is 11.5 Å². The van der Waals surface area contributed by atoms with Crippen molar-refractivity contribution in [2.75, 3.05) is 14.2 Å². The van der Waals surface area contributed by atoms with E-state index in [0.29, 0.717) is 11.5 Å². The predicted octanol–water partition coefficient (Wildman–Crippen LogP) is 3.16. The zero-order chi connectivity index (χ0) is 16.7. The zero-order valence-electron chi connectivity index (χ0n) is 12.9. The molecule has 1 N–H and O–H groups in total. The van der Waals surface area contributed by atoms with Crippen LogP contribution in [0, 0.1) is 0 Å². The van der Waals surface area contributed by atoms with Crippen molar-refractivity contribution in [3.05, 3.63) is 58.1 Å². The molecule has 1 amide bonds. The van der Waals surface area contributed by atoms with Crippen LogP contribution in [-0.2, 0) is 11.2 Å². The molecular weight excluding hydrogens is 360 g/mol. The molecule has 0 bridgehead atoms. The standard InChI is InChI=1S/C17H17BrN2O3/c1-22-15-8-5-13(9-16(15)23-2)10-17(21)20-19-11-12-3-6-14(18)7-4-12/h3-9,11H,10H2,1-2H3,(H,20,21)/b19-11+. The fourth-order valence-corrected chi connectivity index (χ4v) is 2.21. The molecule has 6 heteroatoms. The number of carbonyl (C=O) groups excluding carboxylic acids is 1. The maximum Gasteiger partial charge on any atom is 0.244 e. The number of amides is 1. The van der Waals surface area contributed by atoms with E-state index in [1.54, 1.807) is 32.6 Å². The van der Waals surface area contributed by atoms with Crippen LogP contribution in [0.25, 0.3) is 0 Å². The second kappa shape index (κ2) is 8.33. The van der Waals surface area contributed by atoms with Crippen LogP contribution in [0.2, 0.25) is 0 Å². The summed E-state index contributed by atoms with van der Waals surface area (Å²) in [6, 6.07) is 13.0. The summed E-state index contributed by atoms with van der Waals surface area (Å²) in [4.78, 5) is 11.9. The molecule has 2 aromatic rings. The van der Waals surface area contributed by atoms with Gasteiger partial charge in [-0.05, 0) is 35.4 Å². The average molecular weight is 377 g/mol. The maximum atomic E-state index is 11.9. The maximum absolute atomic E-state index is 11.9. The van der Waals surface area contributed by atoms with E-state index in [0.717, 1.165) is 15.6 Å². The lowest BCUT2D eigenvalue weighted by Crippen LogP contribution is -2.19. The van der Waals surface area contributed by atoms with Gasteiger partial charge in [0.15, 0.2) is 11.5 Å². The lowest BCUT2D eigenvalue weighted by atomic mass is 10.1. The van der Waals surface area contributed by atoms with Gasteiger partial charge in [-0.25, -0.2) is 5.43 Å². The number of hydrazone groups is 1. The lowest BCUT2D eigenvalue weighted by molar-refractivity contribution is -0.120. The highest BCUT2D eigenvalue weighted by Crippen LogP contribution is 2.27. The molecule has 23 heavy (non-hydrogen) atoms. The molecule has 0 saturated carbocycles. The van der Waals surface area contributed by atoms with Gasteiger partial charge in [0.25, 0.3) is 0 Å². The molecule has 2 aromatic carbocycles. The van der Waals surface area contributed by atoms with E-state index < -0.39 is 0 Å². The Balaban J connectivity index is 1.93. The van der Waals surface area contributed by atoms with Crippen LogP contribution in [-0.4, -0.2) is 26.3 Å². The molecule has 0 aromatic heterocycles. The van der Waals surface area contributed by atoms with Crippen LogP contribution in [0.3, 0.4) is 0 Å². The molecule has 120 valence electrons. The van der Waals surface area contributed by atoms with E-state index in [1.807, 2.05) is 30.3 Å². The van der Waals surface area contributed by atoms with Crippen LogP contribution >= 0.6 is 15.9 Å². The Hall–Kier alpha value is -2.34. The summed E-state index contributed by atoms with van der Waals surface area (Å²) in [6.45, 7) is 0.